The molecule has 0 saturated carbocycles. The lowest BCUT2D eigenvalue weighted by Gasteiger charge is -2.32. The van der Waals surface area contributed by atoms with Crippen molar-refractivity contribution in [3.8, 4) is 11.5 Å². The van der Waals surface area contributed by atoms with Crippen LogP contribution in [0.15, 0.2) is 46.3 Å². The SMILES string of the molecule is CCCn1c(=NC(=O)c2ccc(S(=O)(=O)N3CCCCC3C)cc2)sc2cc(OC)c(OC)cc21. The molecule has 1 aromatic heterocycles. The second kappa shape index (κ2) is 10.5. The van der Waals surface area contributed by atoms with Gasteiger partial charge in [0.15, 0.2) is 16.3 Å². The summed E-state index contributed by atoms with van der Waals surface area (Å²) in [7, 11) is -0.418. The van der Waals surface area contributed by atoms with Gasteiger partial charge in [-0.1, -0.05) is 24.7 Å². The molecule has 0 spiro atoms. The molecule has 0 N–H and O–H groups in total. The van der Waals surface area contributed by atoms with Crippen molar-refractivity contribution in [2.45, 2.75) is 57.0 Å². The molecule has 1 aliphatic rings. The van der Waals surface area contributed by atoms with Crippen LogP contribution >= 0.6 is 11.3 Å². The third-order valence-corrected chi connectivity index (χ3v) is 9.35. The number of benzene rings is 2. The fourth-order valence-electron chi connectivity index (χ4n) is 4.41. The van der Waals surface area contributed by atoms with E-state index in [1.807, 2.05) is 23.6 Å². The Labute approximate surface area is 209 Å². The van der Waals surface area contributed by atoms with Gasteiger partial charge >= 0.3 is 0 Å². The zero-order chi connectivity index (χ0) is 25.2. The first kappa shape index (κ1) is 25.4. The number of hydrogen-bond acceptors (Lipinski definition) is 6. The van der Waals surface area contributed by atoms with E-state index in [0.29, 0.717) is 35.0 Å². The lowest BCUT2D eigenvalue weighted by molar-refractivity contribution is 0.0997. The van der Waals surface area contributed by atoms with E-state index in [-0.39, 0.29) is 10.9 Å². The van der Waals surface area contributed by atoms with Crippen LogP contribution in [0.3, 0.4) is 0 Å². The van der Waals surface area contributed by atoms with E-state index < -0.39 is 15.9 Å². The highest BCUT2D eigenvalue weighted by atomic mass is 32.2. The smallest absolute Gasteiger partial charge is 0.279 e. The van der Waals surface area contributed by atoms with Crippen molar-refractivity contribution in [1.29, 1.82) is 0 Å². The van der Waals surface area contributed by atoms with Crippen molar-refractivity contribution in [3.05, 3.63) is 46.8 Å². The third kappa shape index (κ3) is 5.00. The van der Waals surface area contributed by atoms with Crippen LogP contribution in [0.5, 0.6) is 11.5 Å². The van der Waals surface area contributed by atoms with Crippen molar-refractivity contribution >= 4 is 37.5 Å². The Kier molecular flexibility index (Phi) is 7.63. The van der Waals surface area contributed by atoms with Crippen molar-refractivity contribution in [3.63, 3.8) is 0 Å². The summed E-state index contributed by atoms with van der Waals surface area (Å²) in [5.41, 5.74) is 1.25. The van der Waals surface area contributed by atoms with Crippen LogP contribution in [0.25, 0.3) is 10.2 Å². The first-order valence-electron chi connectivity index (χ1n) is 11.8. The molecule has 188 valence electrons. The first-order chi connectivity index (χ1) is 16.8. The molecule has 8 nitrogen and oxygen atoms in total. The summed E-state index contributed by atoms with van der Waals surface area (Å²) in [5, 5.41) is 0. The molecule has 35 heavy (non-hydrogen) atoms. The van der Waals surface area contributed by atoms with Crippen LogP contribution in [0, 0.1) is 0 Å². The zero-order valence-electron chi connectivity index (χ0n) is 20.5. The molecular weight excluding hydrogens is 486 g/mol. The number of methoxy groups -OCH3 is 2. The van der Waals surface area contributed by atoms with E-state index >= 15 is 0 Å². The van der Waals surface area contributed by atoms with E-state index in [1.165, 1.54) is 35.6 Å². The largest absolute Gasteiger partial charge is 0.493 e. The molecular formula is C25H31N3O5S2. The minimum Gasteiger partial charge on any atom is -0.493 e. The van der Waals surface area contributed by atoms with E-state index in [1.54, 1.807) is 18.5 Å². The quantitative estimate of drug-likeness (QED) is 0.462. The highest BCUT2D eigenvalue weighted by Gasteiger charge is 2.31. The van der Waals surface area contributed by atoms with Crippen molar-refractivity contribution in [1.82, 2.24) is 8.87 Å². The third-order valence-electron chi connectivity index (χ3n) is 6.28. The second-order valence-electron chi connectivity index (χ2n) is 8.61. The van der Waals surface area contributed by atoms with Crippen LogP contribution in [0.1, 0.15) is 49.9 Å². The maximum Gasteiger partial charge on any atom is 0.279 e. The lowest BCUT2D eigenvalue weighted by Crippen LogP contribution is -2.41. The minimum atomic E-state index is -3.59. The maximum absolute atomic E-state index is 13.1. The Morgan fingerprint density at radius 2 is 1.80 bits per heavy atom. The number of ether oxygens (including phenoxy) is 2. The van der Waals surface area contributed by atoms with Crippen LogP contribution in [-0.2, 0) is 16.6 Å². The van der Waals surface area contributed by atoms with Gasteiger partial charge in [-0.25, -0.2) is 8.42 Å². The summed E-state index contributed by atoms with van der Waals surface area (Å²) in [6.07, 6.45) is 3.63. The highest BCUT2D eigenvalue weighted by Crippen LogP contribution is 2.33. The Morgan fingerprint density at radius 1 is 1.11 bits per heavy atom. The van der Waals surface area contributed by atoms with Crippen LogP contribution in [-0.4, -0.2) is 50.0 Å². The molecule has 1 unspecified atom stereocenters. The molecule has 1 atom stereocenters. The van der Waals surface area contributed by atoms with Gasteiger partial charge in [0.2, 0.25) is 10.0 Å². The van der Waals surface area contributed by atoms with Crippen LogP contribution in [0.2, 0.25) is 0 Å². The topological polar surface area (TPSA) is 90.2 Å². The molecule has 10 heteroatoms. The fourth-order valence-corrected chi connectivity index (χ4v) is 7.17. The number of aromatic nitrogens is 1. The Hall–Kier alpha value is -2.69. The number of fused-ring (bicyclic) bond motifs is 1. The van der Waals surface area contributed by atoms with E-state index in [9.17, 15) is 13.2 Å². The Morgan fingerprint density at radius 3 is 2.43 bits per heavy atom. The molecule has 1 saturated heterocycles. The van der Waals surface area contributed by atoms with Gasteiger partial charge in [-0.3, -0.25) is 4.79 Å². The number of sulfonamides is 1. The molecule has 0 bridgehead atoms. The molecule has 3 aromatic rings. The van der Waals surface area contributed by atoms with E-state index in [0.717, 1.165) is 35.9 Å². The standard InChI is InChI=1S/C25H31N3O5S2/c1-5-13-27-20-15-21(32-3)22(33-4)16-23(20)34-25(27)26-24(29)18-9-11-19(12-10-18)35(30,31)28-14-7-6-8-17(28)2/h9-12,15-17H,5-8,13-14H2,1-4H3. The van der Waals surface area contributed by atoms with Gasteiger partial charge in [-0.2, -0.15) is 9.30 Å². The number of thiazole rings is 1. The summed E-state index contributed by atoms with van der Waals surface area (Å²) in [6, 6.07) is 9.83. The molecule has 4 rings (SSSR count). The Bertz CT molecular complexity index is 1390. The normalized spacial score (nSPS) is 17.6. The molecule has 0 radical (unpaired) electrons. The number of carbonyl (C=O) groups is 1. The van der Waals surface area contributed by atoms with Gasteiger partial charge in [0, 0.05) is 36.8 Å². The summed E-state index contributed by atoms with van der Waals surface area (Å²) >= 11 is 1.40. The first-order valence-corrected chi connectivity index (χ1v) is 14.0. The monoisotopic (exact) mass is 517 g/mol. The van der Waals surface area contributed by atoms with Crippen molar-refractivity contribution < 1.29 is 22.7 Å². The van der Waals surface area contributed by atoms with Crippen LogP contribution < -0.4 is 14.3 Å². The molecule has 1 fully saturated rings. The predicted octanol–water partition coefficient (Wildman–Crippen LogP) is 4.43. The second-order valence-corrected chi connectivity index (χ2v) is 11.5. The number of hydrogen-bond donors (Lipinski definition) is 0. The van der Waals surface area contributed by atoms with E-state index in [4.69, 9.17) is 9.47 Å². The number of carbonyl (C=O) groups excluding carboxylic acids is 1. The number of amides is 1. The molecule has 1 aliphatic heterocycles. The maximum atomic E-state index is 13.1. The van der Waals surface area contributed by atoms with E-state index in [2.05, 4.69) is 11.9 Å². The van der Waals surface area contributed by atoms with Gasteiger partial charge in [-0.15, -0.1) is 0 Å². The number of rotatable bonds is 7. The summed E-state index contributed by atoms with van der Waals surface area (Å²) in [6.45, 7) is 5.21. The lowest BCUT2D eigenvalue weighted by atomic mass is 10.1. The molecule has 1 amide bonds. The van der Waals surface area contributed by atoms with Gasteiger partial charge < -0.3 is 14.0 Å². The fraction of sp³-hybridized carbons (Fsp3) is 0.440. The van der Waals surface area contributed by atoms with Gasteiger partial charge in [0.05, 0.1) is 29.3 Å². The summed E-state index contributed by atoms with van der Waals surface area (Å²) in [5.74, 6) is 0.804. The highest BCUT2D eigenvalue weighted by molar-refractivity contribution is 7.89. The van der Waals surface area contributed by atoms with Crippen molar-refractivity contribution in [2.75, 3.05) is 20.8 Å². The van der Waals surface area contributed by atoms with Gasteiger partial charge in [-0.05, 0) is 50.5 Å². The number of aryl methyl sites for hydroxylation is 1. The van der Waals surface area contributed by atoms with Crippen LogP contribution in [0.4, 0.5) is 0 Å². The van der Waals surface area contributed by atoms with Gasteiger partial charge in [0.1, 0.15) is 0 Å². The molecule has 2 aromatic carbocycles. The minimum absolute atomic E-state index is 0.0238. The average Bonchev–Trinajstić information content (AvgIpc) is 3.19. The molecule has 2 heterocycles. The van der Waals surface area contributed by atoms with Gasteiger partial charge in [0.25, 0.3) is 5.91 Å². The number of piperidine rings is 1. The summed E-state index contributed by atoms with van der Waals surface area (Å²) in [4.78, 5) is 18.2. The van der Waals surface area contributed by atoms with Crippen molar-refractivity contribution in [2.24, 2.45) is 4.99 Å². The summed E-state index contributed by atoms with van der Waals surface area (Å²) < 4.78 is 41.5. The Balaban J connectivity index is 1.68. The zero-order valence-corrected chi connectivity index (χ0v) is 22.1. The molecule has 0 aliphatic carbocycles. The number of nitrogens with zero attached hydrogens (tertiary/aromatic N) is 3. The predicted molar refractivity (Wildman–Crippen MR) is 137 cm³/mol. The average molecular weight is 518 g/mol.